The fourth-order valence-corrected chi connectivity index (χ4v) is 8.06. The van der Waals surface area contributed by atoms with E-state index in [2.05, 4.69) is 27.4 Å². The lowest BCUT2D eigenvalue weighted by atomic mass is 9.85. The van der Waals surface area contributed by atoms with Crippen LogP contribution >= 0.6 is 0 Å². The zero-order valence-corrected chi connectivity index (χ0v) is 25.0. The van der Waals surface area contributed by atoms with E-state index in [1.165, 1.54) is 36.1 Å². The Morgan fingerprint density at radius 1 is 1.20 bits per heavy atom. The number of aldehydes is 1. The zero-order chi connectivity index (χ0) is 28.4. The molecular formula is C33H49FN4O2. The molecule has 1 aromatic heterocycles. The number of likely N-dealkylation sites (N-methyl/N-ethyl adjacent to an activating group) is 1. The molecule has 5 rings (SSSR count). The second-order valence-corrected chi connectivity index (χ2v) is 13.0. The second-order valence-electron chi connectivity index (χ2n) is 13.0. The third kappa shape index (κ3) is 5.54. The summed E-state index contributed by atoms with van der Waals surface area (Å²) in [7, 11) is 1.99. The van der Waals surface area contributed by atoms with Gasteiger partial charge in [0.25, 0.3) is 0 Å². The Morgan fingerprint density at radius 3 is 2.62 bits per heavy atom. The SMILES string of the molecule is CCc1nc2n(c1C1CCN(C[C@H]3C[C@H](N(C)[C@](C=O)(CO)C(C)C)C[C@@H]3c3cccc(F)c3)CC1)CCCC2. The molecule has 0 spiro atoms. The molecule has 2 aliphatic heterocycles. The lowest BCUT2D eigenvalue weighted by Crippen LogP contribution is -2.58. The molecule has 1 aromatic carbocycles. The van der Waals surface area contributed by atoms with Crippen molar-refractivity contribution in [3.8, 4) is 0 Å². The van der Waals surface area contributed by atoms with Crippen molar-refractivity contribution in [3.05, 3.63) is 52.9 Å². The number of aliphatic hydroxyl groups is 1. The molecule has 0 amide bonds. The van der Waals surface area contributed by atoms with Crippen LogP contribution in [0.4, 0.5) is 4.39 Å². The number of hydrogen-bond donors (Lipinski definition) is 1. The van der Waals surface area contributed by atoms with Crippen molar-refractivity contribution in [1.29, 1.82) is 0 Å². The van der Waals surface area contributed by atoms with Gasteiger partial charge in [-0.05, 0) is 101 Å². The van der Waals surface area contributed by atoms with Crippen molar-refractivity contribution in [2.45, 2.75) is 102 Å². The average molecular weight is 553 g/mol. The topological polar surface area (TPSA) is 61.6 Å². The van der Waals surface area contributed by atoms with Gasteiger partial charge >= 0.3 is 0 Å². The number of nitrogens with zero attached hydrogens (tertiary/aromatic N) is 4. The monoisotopic (exact) mass is 552 g/mol. The fourth-order valence-electron chi connectivity index (χ4n) is 8.06. The molecule has 1 saturated heterocycles. The summed E-state index contributed by atoms with van der Waals surface area (Å²) in [6.45, 7) is 10.3. The maximum atomic E-state index is 14.3. The standard InChI is InChI=1S/C33H49FN4O2/c1-5-30-32(38-14-7-6-11-31(38)35-30)24-12-15-37(16-13-24)20-26-18-28(36(4)33(21-39,22-40)23(2)3)19-29(26)25-9-8-10-27(34)17-25/h8-10,17,21,23-24,26,28-29,40H,5-7,11-16,18-20,22H2,1-4H3/t26-,28+,29-,33-/m1/s1. The fraction of sp³-hybridized carbons (Fsp3) is 0.697. The Kier molecular flexibility index (Phi) is 9.13. The molecule has 1 saturated carbocycles. The van der Waals surface area contributed by atoms with Crippen LogP contribution in [-0.2, 0) is 24.2 Å². The van der Waals surface area contributed by atoms with Crippen LogP contribution in [0.2, 0.25) is 0 Å². The molecule has 3 aliphatic rings. The van der Waals surface area contributed by atoms with Crippen LogP contribution in [0.5, 0.6) is 0 Å². The molecule has 2 aromatic rings. The van der Waals surface area contributed by atoms with Gasteiger partial charge in [-0.25, -0.2) is 9.37 Å². The molecule has 1 aliphatic carbocycles. The number of rotatable bonds is 10. The van der Waals surface area contributed by atoms with E-state index in [0.29, 0.717) is 11.8 Å². The van der Waals surface area contributed by atoms with Crippen molar-refractivity contribution in [2.75, 3.05) is 33.3 Å². The number of imidazole rings is 1. The number of carbonyl (C=O) groups excluding carboxylic acids is 1. The Bertz CT molecular complexity index is 1160. The quantitative estimate of drug-likeness (QED) is 0.412. The van der Waals surface area contributed by atoms with Crippen LogP contribution in [-0.4, -0.2) is 75.6 Å². The molecule has 40 heavy (non-hydrogen) atoms. The number of halogens is 1. The molecular weight excluding hydrogens is 503 g/mol. The van der Waals surface area contributed by atoms with Crippen molar-refractivity contribution < 1.29 is 14.3 Å². The van der Waals surface area contributed by atoms with Gasteiger partial charge in [0.2, 0.25) is 0 Å². The number of aromatic nitrogens is 2. The molecule has 6 nitrogen and oxygen atoms in total. The Labute approximate surface area is 240 Å². The molecule has 7 heteroatoms. The summed E-state index contributed by atoms with van der Waals surface area (Å²) in [5.74, 6) is 2.28. The normalized spacial score (nSPS) is 25.9. The van der Waals surface area contributed by atoms with Crippen molar-refractivity contribution in [1.82, 2.24) is 19.4 Å². The largest absolute Gasteiger partial charge is 0.394 e. The van der Waals surface area contributed by atoms with Crippen LogP contribution < -0.4 is 0 Å². The Balaban J connectivity index is 1.31. The van der Waals surface area contributed by atoms with Gasteiger partial charge in [0.1, 0.15) is 23.5 Å². The number of hydrogen-bond acceptors (Lipinski definition) is 5. The van der Waals surface area contributed by atoms with Crippen LogP contribution in [0.3, 0.4) is 0 Å². The minimum Gasteiger partial charge on any atom is -0.394 e. The first kappa shape index (κ1) is 29.4. The van der Waals surface area contributed by atoms with E-state index < -0.39 is 5.54 Å². The predicted molar refractivity (Wildman–Crippen MR) is 157 cm³/mol. The van der Waals surface area contributed by atoms with E-state index in [1.54, 1.807) is 6.07 Å². The third-order valence-electron chi connectivity index (χ3n) is 10.6. The molecule has 0 unspecified atom stereocenters. The number of benzene rings is 1. The highest BCUT2D eigenvalue weighted by molar-refractivity contribution is 5.65. The highest BCUT2D eigenvalue weighted by atomic mass is 19.1. The first-order valence-corrected chi connectivity index (χ1v) is 15.7. The Morgan fingerprint density at radius 2 is 1.98 bits per heavy atom. The highest BCUT2D eigenvalue weighted by Gasteiger charge is 2.46. The average Bonchev–Trinajstić information content (AvgIpc) is 3.56. The molecule has 4 atom stereocenters. The molecule has 1 N–H and O–H groups in total. The third-order valence-corrected chi connectivity index (χ3v) is 10.6. The van der Waals surface area contributed by atoms with Gasteiger partial charge in [0.15, 0.2) is 0 Å². The minimum atomic E-state index is -0.897. The molecule has 3 heterocycles. The first-order chi connectivity index (χ1) is 19.3. The summed E-state index contributed by atoms with van der Waals surface area (Å²) < 4.78 is 16.9. The van der Waals surface area contributed by atoms with E-state index in [-0.39, 0.29) is 30.3 Å². The highest BCUT2D eigenvalue weighted by Crippen LogP contribution is 2.45. The van der Waals surface area contributed by atoms with Crippen LogP contribution in [0, 0.1) is 17.7 Å². The summed E-state index contributed by atoms with van der Waals surface area (Å²) in [5.41, 5.74) is 2.99. The Hall–Kier alpha value is -2.09. The van der Waals surface area contributed by atoms with Gasteiger partial charge in [0, 0.05) is 37.2 Å². The summed E-state index contributed by atoms with van der Waals surface area (Å²) in [6, 6.07) is 7.25. The van der Waals surface area contributed by atoms with Gasteiger partial charge in [-0.3, -0.25) is 4.90 Å². The van der Waals surface area contributed by atoms with Crippen LogP contribution in [0.1, 0.15) is 93.9 Å². The molecule has 0 radical (unpaired) electrons. The van der Waals surface area contributed by atoms with E-state index >= 15 is 0 Å². The number of likely N-dealkylation sites (tertiary alicyclic amines) is 1. The lowest BCUT2D eigenvalue weighted by Gasteiger charge is -2.43. The number of carbonyl (C=O) groups is 1. The number of fused-ring (bicyclic) bond motifs is 1. The number of aliphatic hydroxyl groups excluding tert-OH is 1. The van der Waals surface area contributed by atoms with Gasteiger partial charge in [-0.15, -0.1) is 0 Å². The maximum absolute atomic E-state index is 14.3. The van der Waals surface area contributed by atoms with E-state index in [1.807, 2.05) is 27.0 Å². The summed E-state index contributed by atoms with van der Waals surface area (Å²) in [6.07, 6.45) is 9.70. The second kappa shape index (κ2) is 12.4. The van der Waals surface area contributed by atoms with E-state index in [9.17, 15) is 14.3 Å². The van der Waals surface area contributed by atoms with Gasteiger partial charge in [0.05, 0.1) is 12.3 Å². The summed E-state index contributed by atoms with van der Waals surface area (Å²) >= 11 is 0. The summed E-state index contributed by atoms with van der Waals surface area (Å²) in [5, 5.41) is 10.3. The van der Waals surface area contributed by atoms with Crippen molar-refractivity contribution in [3.63, 3.8) is 0 Å². The van der Waals surface area contributed by atoms with Gasteiger partial charge in [-0.2, -0.15) is 0 Å². The van der Waals surface area contributed by atoms with Gasteiger partial charge < -0.3 is 19.4 Å². The van der Waals surface area contributed by atoms with Gasteiger partial charge in [-0.1, -0.05) is 32.9 Å². The number of aryl methyl sites for hydroxylation is 2. The zero-order valence-electron chi connectivity index (χ0n) is 25.0. The predicted octanol–water partition coefficient (Wildman–Crippen LogP) is 5.18. The first-order valence-electron chi connectivity index (χ1n) is 15.7. The van der Waals surface area contributed by atoms with Crippen molar-refractivity contribution >= 4 is 6.29 Å². The maximum Gasteiger partial charge on any atom is 0.142 e. The van der Waals surface area contributed by atoms with Crippen LogP contribution in [0.15, 0.2) is 24.3 Å². The van der Waals surface area contributed by atoms with E-state index in [0.717, 1.165) is 76.6 Å². The smallest absolute Gasteiger partial charge is 0.142 e. The number of piperidine rings is 1. The molecule has 220 valence electrons. The lowest BCUT2D eigenvalue weighted by molar-refractivity contribution is -0.126. The van der Waals surface area contributed by atoms with E-state index in [4.69, 9.17) is 4.98 Å². The van der Waals surface area contributed by atoms with Crippen LogP contribution in [0.25, 0.3) is 0 Å². The molecule has 2 fully saturated rings. The van der Waals surface area contributed by atoms with Crippen molar-refractivity contribution in [2.24, 2.45) is 11.8 Å². The summed E-state index contributed by atoms with van der Waals surface area (Å²) in [4.78, 5) is 22.1. The molecule has 0 bridgehead atoms. The minimum absolute atomic E-state index is 0.00648.